The van der Waals surface area contributed by atoms with Crippen molar-refractivity contribution < 1.29 is 9.52 Å². The zero-order chi connectivity index (χ0) is 12.1. The van der Waals surface area contributed by atoms with Gasteiger partial charge in [-0.1, -0.05) is 30.3 Å². The third-order valence-corrected chi connectivity index (χ3v) is 2.70. The van der Waals surface area contributed by atoms with Gasteiger partial charge in [0.2, 0.25) is 0 Å². The predicted molar refractivity (Wildman–Crippen MR) is 66.6 cm³/mol. The van der Waals surface area contributed by atoms with E-state index < -0.39 is 0 Å². The normalized spacial score (nSPS) is 12.6. The SMILES string of the molecule is Cc1ccc(CNC(CO)c2ccccc2)o1. The molecule has 0 saturated heterocycles. The van der Waals surface area contributed by atoms with E-state index in [1.807, 2.05) is 49.4 Å². The van der Waals surface area contributed by atoms with Crippen LogP contribution in [0.15, 0.2) is 46.9 Å². The molecule has 1 aromatic heterocycles. The minimum absolute atomic E-state index is 0.0541. The van der Waals surface area contributed by atoms with Gasteiger partial charge in [-0.25, -0.2) is 0 Å². The van der Waals surface area contributed by atoms with Crippen LogP contribution in [0, 0.1) is 6.92 Å². The molecule has 17 heavy (non-hydrogen) atoms. The van der Waals surface area contributed by atoms with Crippen molar-refractivity contribution in [2.75, 3.05) is 6.61 Å². The highest BCUT2D eigenvalue weighted by Crippen LogP contribution is 2.13. The number of aliphatic hydroxyl groups is 1. The number of benzene rings is 1. The van der Waals surface area contributed by atoms with Crippen LogP contribution in [-0.4, -0.2) is 11.7 Å². The maximum Gasteiger partial charge on any atom is 0.117 e. The van der Waals surface area contributed by atoms with Gasteiger partial charge in [0.05, 0.1) is 19.2 Å². The highest BCUT2D eigenvalue weighted by atomic mass is 16.3. The first-order chi connectivity index (χ1) is 8.29. The van der Waals surface area contributed by atoms with Crippen molar-refractivity contribution in [1.82, 2.24) is 5.32 Å². The number of hydrogen-bond donors (Lipinski definition) is 2. The van der Waals surface area contributed by atoms with Crippen molar-refractivity contribution in [3.63, 3.8) is 0 Å². The molecule has 2 rings (SSSR count). The molecule has 0 amide bonds. The van der Waals surface area contributed by atoms with Gasteiger partial charge in [-0.2, -0.15) is 0 Å². The smallest absolute Gasteiger partial charge is 0.117 e. The van der Waals surface area contributed by atoms with Crippen molar-refractivity contribution in [2.24, 2.45) is 0 Å². The molecule has 0 bridgehead atoms. The van der Waals surface area contributed by atoms with Gasteiger partial charge < -0.3 is 14.8 Å². The predicted octanol–water partition coefficient (Wildman–Crippen LogP) is 2.41. The summed E-state index contributed by atoms with van der Waals surface area (Å²) < 4.78 is 5.47. The van der Waals surface area contributed by atoms with Gasteiger partial charge in [-0.15, -0.1) is 0 Å². The molecule has 90 valence electrons. The van der Waals surface area contributed by atoms with E-state index in [4.69, 9.17) is 4.42 Å². The van der Waals surface area contributed by atoms with E-state index in [-0.39, 0.29) is 12.6 Å². The third-order valence-electron chi connectivity index (χ3n) is 2.70. The molecule has 0 fully saturated rings. The first-order valence-corrected chi connectivity index (χ1v) is 5.74. The second-order valence-electron chi connectivity index (χ2n) is 4.04. The number of hydrogen-bond acceptors (Lipinski definition) is 3. The maximum atomic E-state index is 9.37. The average Bonchev–Trinajstić information content (AvgIpc) is 2.77. The molecule has 3 heteroatoms. The minimum atomic E-state index is -0.0541. The van der Waals surface area contributed by atoms with Crippen molar-refractivity contribution in [1.29, 1.82) is 0 Å². The lowest BCUT2D eigenvalue weighted by Crippen LogP contribution is -2.23. The zero-order valence-electron chi connectivity index (χ0n) is 9.89. The van der Waals surface area contributed by atoms with Gasteiger partial charge in [0, 0.05) is 0 Å². The zero-order valence-corrected chi connectivity index (χ0v) is 9.89. The number of nitrogens with one attached hydrogen (secondary N) is 1. The molecule has 0 aliphatic rings. The van der Waals surface area contributed by atoms with Gasteiger partial charge in [-0.05, 0) is 24.6 Å². The summed E-state index contributed by atoms with van der Waals surface area (Å²) in [5.74, 6) is 1.79. The number of rotatable bonds is 5. The number of furan rings is 1. The van der Waals surface area contributed by atoms with Gasteiger partial charge in [0.25, 0.3) is 0 Å². The summed E-state index contributed by atoms with van der Waals surface area (Å²) in [5, 5.41) is 12.6. The van der Waals surface area contributed by atoms with E-state index in [1.165, 1.54) is 0 Å². The topological polar surface area (TPSA) is 45.4 Å². The van der Waals surface area contributed by atoms with Crippen molar-refractivity contribution in [2.45, 2.75) is 19.5 Å². The van der Waals surface area contributed by atoms with E-state index in [9.17, 15) is 5.11 Å². The number of aliphatic hydroxyl groups excluding tert-OH is 1. The van der Waals surface area contributed by atoms with Crippen molar-refractivity contribution in [3.05, 3.63) is 59.5 Å². The molecule has 2 N–H and O–H groups in total. The fraction of sp³-hybridized carbons (Fsp3) is 0.286. The summed E-state index contributed by atoms with van der Waals surface area (Å²) in [5.41, 5.74) is 1.08. The summed E-state index contributed by atoms with van der Waals surface area (Å²) in [4.78, 5) is 0. The molecule has 0 radical (unpaired) electrons. The Kier molecular flexibility index (Phi) is 3.96. The molecule has 3 nitrogen and oxygen atoms in total. The van der Waals surface area contributed by atoms with Crippen LogP contribution in [0.4, 0.5) is 0 Å². The first kappa shape index (κ1) is 11.9. The second kappa shape index (κ2) is 5.66. The van der Waals surface area contributed by atoms with E-state index in [1.54, 1.807) is 0 Å². The minimum Gasteiger partial charge on any atom is -0.465 e. The summed E-state index contributed by atoms with van der Waals surface area (Å²) in [6, 6.07) is 13.7. The Bertz CT molecular complexity index is 450. The van der Waals surface area contributed by atoms with E-state index in [0.717, 1.165) is 17.1 Å². The largest absolute Gasteiger partial charge is 0.465 e. The maximum absolute atomic E-state index is 9.37. The fourth-order valence-corrected chi connectivity index (χ4v) is 1.78. The van der Waals surface area contributed by atoms with E-state index in [2.05, 4.69) is 5.32 Å². The lowest BCUT2D eigenvalue weighted by atomic mass is 10.1. The lowest BCUT2D eigenvalue weighted by molar-refractivity contribution is 0.240. The lowest BCUT2D eigenvalue weighted by Gasteiger charge is -2.15. The van der Waals surface area contributed by atoms with Gasteiger partial charge in [-0.3, -0.25) is 0 Å². The Hall–Kier alpha value is -1.58. The number of aryl methyl sites for hydroxylation is 1. The van der Waals surface area contributed by atoms with Crippen LogP contribution in [0.2, 0.25) is 0 Å². The monoisotopic (exact) mass is 231 g/mol. The van der Waals surface area contributed by atoms with Crippen LogP contribution in [-0.2, 0) is 6.54 Å². The molecule has 0 aliphatic heterocycles. The Morgan fingerprint density at radius 2 is 1.94 bits per heavy atom. The summed E-state index contributed by atoms with van der Waals surface area (Å²) in [6.45, 7) is 2.61. The Balaban J connectivity index is 1.97. The average molecular weight is 231 g/mol. The van der Waals surface area contributed by atoms with Gasteiger partial charge in [0.1, 0.15) is 11.5 Å². The second-order valence-corrected chi connectivity index (χ2v) is 4.04. The van der Waals surface area contributed by atoms with Crippen molar-refractivity contribution in [3.8, 4) is 0 Å². The van der Waals surface area contributed by atoms with Crippen LogP contribution < -0.4 is 5.32 Å². The highest BCUT2D eigenvalue weighted by Gasteiger charge is 2.09. The Morgan fingerprint density at radius 1 is 1.18 bits per heavy atom. The highest BCUT2D eigenvalue weighted by molar-refractivity contribution is 5.19. The Morgan fingerprint density at radius 3 is 2.53 bits per heavy atom. The molecule has 0 spiro atoms. The van der Waals surface area contributed by atoms with Crippen LogP contribution in [0.1, 0.15) is 23.1 Å². The van der Waals surface area contributed by atoms with Crippen molar-refractivity contribution >= 4 is 0 Å². The van der Waals surface area contributed by atoms with Gasteiger partial charge in [0.15, 0.2) is 0 Å². The molecule has 0 saturated carbocycles. The molecule has 0 aliphatic carbocycles. The summed E-state index contributed by atoms with van der Waals surface area (Å²) in [6.07, 6.45) is 0. The first-order valence-electron chi connectivity index (χ1n) is 5.74. The molecule has 1 aromatic carbocycles. The molecule has 1 atom stereocenters. The quantitative estimate of drug-likeness (QED) is 0.830. The third kappa shape index (κ3) is 3.19. The standard InChI is InChI=1S/C14H17NO2/c1-11-7-8-13(17-11)9-15-14(10-16)12-5-3-2-4-6-12/h2-8,14-16H,9-10H2,1H3. The fourth-order valence-electron chi connectivity index (χ4n) is 1.78. The molecular formula is C14H17NO2. The van der Waals surface area contributed by atoms with Crippen LogP contribution in [0.5, 0.6) is 0 Å². The molecule has 2 aromatic rings. The van der Waals surface area contributed by atoms with Crippen LogP contribution in [0.25, 0.3) is 0 Å². The van der Waals surface area contributed by atoms with Crippen LogP contribution in [0.3, 0.4) is 0 Å². The van der Waals surface area contributed by atoms with Crippen LogP contribution >= 0.6 is 0 Å². The molecular weight excluding hydrogens is 214 g/mol. The molecule has 1 unspecified atom stereocenters. The summed E-state index contributed by atoms with van der Waals surface area (Å²) in [7, 11) is 0. The Labute approximate surface area is 101 Å². The molecule has 1 heterocycles. The van der Waals surface area contributed by atoms with Gasteiger partial charge >= 0.3 is 0 Å². The van der Waals surface area contributed by atoms with E-state index >= 15 is 0 Å². The summed E-state index contributed by atoms with van der Waals surface area (Å²) >= 11 is 0. The van der Waals surface area contributed by atoms with E-state index in [0.29, 0.717) is 6.54 Å².